The summed E-state index contributed by atoms with van der Waals surface area (Å²) in [6, 6.07) is 20.6. The van der Waals surface area contributed by atoms with Gasteiger partial charge in [-0.2, -0.15) is 0 Å². The molecule has 7 nitrogen and oxygen atoms in total. The lowest BCUT2D eigenvalue weighted by atomic mass is 9.96. The molecule has 0 spiro atoms. The van der Waals surface area contributed by atoms with Gasteiger partial charge in [-0.15, -0.1) is 0 Å². The van der Waals surface area contributed by atoms with Crippen molar-refractivity contribution in [2.45, 2.75) is 25.3 Å². The second-order valence-corrected chi connectivity index (χ2v) is 10.5. The molecule has 0 saturated carbocycles. The SMILES string of the molecule is O=C(C=Cc1cccnc1)NCc1cc2cc(-c3ccc(C(=O)N4CCC(F)(F)CC4)cc3)cc(-c3ccncc3)c2o1. The number of hydrogen-bond acceptors (Lipinski definition) is 5. The number of fused-ring (bicyclic) bond motifs is 1. The van der Waals surface area contributed by atoms with Gasteiger partial charge in [0.25, 0.3) is 11.8 Å². The number of nitrogens with zero attached hydrogens (tertiary/aromatic N) is 3. The van der Waals surface area contributed by atoms with Crippen LogP contribution < -0.4 is 5.32 Å². The largest absolute Gasteiger partial charge is 0.459 e. The molecule has 43 heavy (non-hydrogen) atoms. The number of hydrogen-bond donors (Lipinski definition) is 1. The molecule has 5 aromatic rings. The van der Waals surface area contributed by atoms with Gasteiger partial charge < -0.3 is 14.6 Å². The molecule has 0 radical (unpaired) electrons. The first kappa shape index (κ1) is 28.0. The van der Waals surface area contributed by atoms with E-state index in [1.54, 1.807) is 49.1 Å². The summed E-state index contributed by atoms with van der Waals surface area (Å²) in [5.41, 5.74) is 5.53. The molecule has 3 aromatic heterocycles. The number of likely N-dealkylation sites (tertiary alicyclic amines) is 1. The monoisotopic (exact) mass is 578 g/mol. The Hall–Kier alpha value is -5.18. The predicted octanol–water partition coefficient (Wildman–Crippen LogP) is 6.76. The fourth-order valence-corrected chi connectivity index (χ4v) is 5.11. The van der Waals surface area contributed by atoms with Crippen LogP contribution in [0.5, 0.6) is 0 Å². The van der Waals surface area contributed by atoms with Gasteiger partial charge in [0.1, 0.15) is 11.3 Å². The van der Waals surface area contributed by atoms with E-state index < -0.39 is 5.92 Å². The van der Waals surface area contributed by atoms with E-state index in [0.717, 1.165) is 33.2 Å². The third-order valence-corrected chi connectivity index (χ3v) is 7.45. The Bertz CT molecular complexity index is 1780. The molecule has 1 saturated heterocycles. The Balaban J connectivity index is 1.24. The van der Waals surface area contributed by atoms with E-state index in [0.29, 0.717) is 16.9 Å². The molecule has 0 aliphatic carbocycles. The number of furan rings is 1. The zero-order valence-electron chi connectivity index (χ0n) is 23.2. The number of piperidine rings is 1. The van der Waals surface area contributed by atoms with Crippen LogP contribution in [-0.4, -0.2) is 45.7 Å². The first-order valence-electron chi connectivity index (χ1n) is 13.9. The van der Waals surface area contributed by atoms with Crippen LogP contribution in [0.15, 0.2) is 102 Å². The molecule has 6 rings (SSSR count). The minimum absolute atomic E-state index is 0.0453. The van der Waals surface area contributed by atoms with Crippen LogP contribution in [0.3, 0.4) is 0 Å². The number of alkyl halides is 2. The standard InChI is InChI=1S/C34H28F2N4O3/c35-34(36)11-16-40(17-12-34)33(42)26-6-4-24(5-7-26)27-18-28-19-29(22-39-31(41)8-3-23-2-1-13-38-21-23)43-32(28)30(20-27)25-9-14-37-15-10-25/h1-10,13-15,18-21H,11-12,16-17,22H2,(H,39,41). The van der Waals surface area contributed by atoms with Crippen molar-refractivity contribution >= 4 is 28.9 Å². The Kier molecular flexibility index (Phi) is 7.79. The summed E-state index contributed by atoms with van der Waals surface area (Å²) in [4.78, 5) is 35.0. The summed E-state index contributed by atoms with van der Waals surface area (Å²) in [7, 11) is 0. The number of nitrogens with one attached hydrogen (secondary N) is 1. The highest BCUT2D eigenvalue weighted by atomic mass is 19.3. The molecule has 0 atom stereocenters. The summed E-state index contributed by atoms with van der Waals surface area (Å²) < 4.78 is 33.3. The number of carbonyl (C=O) groups excluding carboxylic acids is 2. The van der Waals surface area contributed by atoms with Gasteiger partial charge in [-0.1, -0.05) is 18.2 Å². The van der Waals surface area contributed by atoms with E-state index in [-0.39, 0.29) is 44.3 Å². The summed E-state index contributed by atoms with van der Waals surface area (Å²) in [5, 5.41) is 3.71. The van der Waals surface area contributed by atoms with Gasteiger partial charge in [0, 0.05) is 73.3 Å². The second kappa shape index (κ2) is 12.0. The normalized spacial score (nSPS) is 14.7. The maximum Gasteiger partial charge on any atom is 0.253 e. The van der Waals surface area contributed by atoms with E-state index in [4.69, 9.17) is 4.42 Å². The lowest BCUT2D eigenvalue weighted by Crippen LogP contribution is -2.42. The molecule has 0 unspecified atom stereocenters. The molecule has 1 N–H and O–H groups in total. The van der Waals surface area contributed by atoms with Gasteiger partial charge in [-0.05, 0) is 76.9 Å². The van der Waals surface area contributed by atoms with Crippen molar-refractivity contribution in [3.05, 3.63) is 114 Å². The minimum atomic E-state index is -2.71. The first-order valence-corrected chi connectivity index (χ1v) is 13.9. The van der Waals surface area contributed by atoms with Crippen molar-refractivity contribution in [1.82, 2.24) is 20.2 Å². The van der Waals surface area contributed by atoms with E-state index in [1.165, 1.54) is 11.0 Å². The quantitative estimate of drug-likeness (QED) is 0.216. The number of rotatable bonds is 7. The van der Waals surface area contributed by atoms with E-state index in [1.807, 2.05) is 48.5 Å². The van der Waals surface area contributed by atoms with Gasteiger partial charge in [-0.25, -0.2) is 8.78 Å². The van der Waals surface area contributed by atoms with Crippen LogP contribution in [0.1, 0.15) is 34.5 Å². The van der Waals surface area contributed by atoms with Crippen molar-refractivity contribution in [3.63, 3.8) is 0 Å². The summed E-state index contributed by atoms with van der Waals surface area (Å²) in [6.45, 7) is 0.294. The summed E-state index contributed by atoms with van der Waals surface area (Å²) in [6.07, 6.45) is 9.29. The van der Waals surface area contributed by atoms with Crippen LogP contribution in [0.25, 0.3) is 39.3 Å². The van der Waals surface area contributed by atoms with Gasteiger partial charge in [0.2, 0.25) is 5.91 Å². The van der Waals surface area contributed by atoms with Gasteiger partial charge in [0.15, 0.2) is 0 Å². The average Bonchev–Trinajstić information content (AvgIpc) is 3.46. The van der Waals surface area contributed by atoms with E-state index in [9.17, 15) is 18.4 Å². The third kappa shape index (κ3) is 6.51. The zero-order valence-corrected chi connectivity index (χ0v) is 23.2. The Morgan fingerprint density at radius 1 is 0.907 bits per heavy atom. The molecule has 1 aliphatic rings. The molecular formula is C34H28F2N4O3. The number of aromatic nitrogens is 2. The molecule has 9 heteroatoms. The molecule has 4 heterocycles. The van der Waals surface area contributed by atoms with Crippen LogP contribution in [0, 0.1) is 0 Å². The Morgan fingerprint density at radius 3 is 2.40 bits per heavy atom. The fraction of sp³-hybridized carbons (Fsp3) is 0.176. The highest BCUT2D eigenvalue weighted by Gasteiger charge is 2.35. The van der Waals surface area contributed by atoms with Crippen LogP contribution in [-0.2, 0) is 11.3 Å². The van der Waals surface area contributed by atoms with E-state index in [2.05, 4.69) is 15.3 Å². The maximum absolute atomic E-state index is 13.5. The molecule has 216 valence electrons. The van der Waals surface area contributed by atoms with Crippen LogP contribution in [0.2, 0.25) is 0 Å². The Morgan fingerprint density at radius 2 is 1.67 bits per heavy atom. The molecular weight excluding hydrogens is 550 g/mol. The first-order chi connectivity index (χ1) is 20.8. The number of pyridine rings is 2. The highest BCUT2D eigenvalue weighted by Crippen LogP contribution is 2.36. The van der Waals surface area contributed by atoms with Crippen molar-refractivity contribution < 1.29 is 22.8 Å². The smallest absolute Gasteiger partial charge is 0.253 e. The summed E-state index contributed by atoms with van der Waals surface area (Å²) >= 11 is 0. The zero-order chi connectivity index (χ0) is 29.8. The van der Waals surface area contributed by atoms with Gasteiger partial charge >= 0.3 is 0 Å². The highest BCUT2D eigenvalue weighted by molar-refractivity contribution is 5.98. The fourth-order valence-electron chi connectivity index (χ4n) is 5.11. The van der Waals surface area contributed by atoms with Crippen molar-refractivity contribution in [2.75, 3.05) is 13.1 Å². The van der Waals surface area contributed by atoms with Crippen molar-refractivity contribution in [3.8, 4) is 22.3 Å². The minimum Gasteiger partial charge on any atom is -0.459 e. The van der Waals surface area contributed by atoms with Crippen molar-refractivity contribution in [2.24, 2.45) is 0 Å². The van der Waals surface area contributed by atoms with Crippen LogP contribution >= 0.6 is 0 Å². The van der Waals surface area contributed by atoms with Gasteiger partial charge in [0.05, 0.1) is 6.54 Å². The predicted molar refractivity (Wildman–Crippen MR) is 160 cm³/mol. The lowest BCUT2D eigenvalue weighted by molar-refractivity contribution is -0.116. The van der Waals surface area contributed by atoms with Crippen LogP contribution in [0.4, 0.5) is 8.78 Å². The molecule has 2 amide bonds. The maximum atomic E-state index is 13.5. The van der Waals surface area contributed by atoms with Crippen molar-refractivity contribution in [1.29, 1.82) is 0 Å². The topological polar surface area (TPSA) is 88.3 Å². The number of benzene rings is 2. The Labute approximate surface area is 246 Å². The van der Waals surface area contributed by atoms with E-state index >= 15 is 0 Å². The lowest BCUT2D eigenvalue weighted by Gasteiger charge is -2.31. The summed E-state index contributed by atoms with van der Waals surface area (Å²) in [5.74, 6) is -2.61. The third-order valence-electron chi connectivity index (χ3n) is 7.45. The number of amides is 2. The molecule has 1 fully saturated rings. The number of halogens is 2. The van der Waals surface area contributed by atoms with Gasteiger partial charge in [-0.3, -0.25) is 19.6 Å². The number of carbonyl (C=O) groups is 2. The molecule has 1 aliphatic heterocycles. The second-order valence-electron chi connectivity index (χ2n) is 10.5. The molecule has 0 bridgehead atoms. The average molecular weight is 579 g/mol. The molecule has 2 aromatic carbocycles.